The van der Waals surface area contributed by atoms with E-state index in [2.05, 4.69) is 6.07 Å². The molecule has 0 amide bonds. The van der Waals surface area contributed by atoms with Gasteiger partial charge in [0.05, 0.1) is 13.2 Å². The van der Waals surface area contributed by atoms with Crippen molar-refractivity contribution in [3.63, 3.8) is 0 Å². The van der Waals surface area contributed by atoms with Crippen molar-refractivity contribution in [2.45, 2.75) is 0 Å². The van der Waals surface area contributed by atoms with E-state index in [-0.39, 0.29) is 6.79 Å². The maximum Gasteiger partial charge on any atom is 0.231 e. The molecule has 2 aromatic rings. The first-order chi connectivity index (χ1) is 10.3. The molecule has 0 spiro atoms. The molecule has 0 aromatic heterocycles. The van der Waals surface area contributed by atoms with E-state index in [1.54, 1.807) is 7.11 Å². The molecule has 1 heterocycles. The molecule has 3 rings (SSSR count). The fourth-order valence-corrected chi connectivity index (χ4v) is 2.23. The number of allylic oxidation sites excluding steroid dienone is 1. The van der Waals surface area contributed by atoms with Crippen LogP contribution in [0.2, 0.25) is 0 Å². The van der Waals surface area contributed by atoms with Crippen molar-refractivity contribution < 1.29 is 14.2 Å². The van der Waals surface area contributed by atoms with E-state index >= 15 is 0 Å². The largest absolute Gasteiger partial charge is 0.497 e. The number of hydrogen-bond acceptors (Lipinski definition) is 4. The number of hydrogen-bond donors (Lipinski definition) is 0. The highest BCUT2D eigenvalue weighted by Crippen LogP contribution is 2.36. The molecule has 4 nitrogen and oxygen atoms in total. The van der Waals surface area contributed by atoms with E-state index in [1.165, 1.54) is 6.08 Å². The van der Waals surface area contributed by atoms with E-state index in [4.69, 9.17) is 19.5 Å². The molecule has 1 aliphatic rings. The minimum Gasteiger partial charge on any atom is -0.497 e. The number of fused-ring (bicyclic) bond motifs is 1. The SMILES string of the molecule is COc1ccc(/C(=C\C#N)c2ccc3c(c2)OCO3)cc1. The number of methoxy groups -OCH3 is 1. The molecule has 4 heteroatoms. The van der Waals surface area contributed by atoms with Gasteiger partial charge in [-0.15, -0.1) is 0 Å². The van der Waals surface area contributed by atoms with Crippen LogP contribution >= 0.6 is 0 Å². The Morgan fingerprint density at radius 2 is 1.81 bits per heavy atom. The third-order valence-electron chi connectivity index (χ3n) is 3.29. The number of benzene rings is 2. The number of rotatable bonds is 3. The predicted octanol–water partition coefficient (Wildman–Crippen LogP) is 3.38. The summed E-state index contributed by atoms with van der Waals surface area (Å²) in [6.45, 7) is 0.235. The summed E-state index contributed by atoms with van der Waals surface area (Å²) in [6, 6.07) is 15.3. The van der Waals surface area contributed by atoms with Gasteiger partial charge >= 0.3 is 0 Å². The monoisotopic (exact) mass is 279 g/mol. The highest BCUT2D eigenvalue weighted by Gasteiger charge is 2.15. The summed E-state index contributed by atoms with van der Waals surface area (Å²) in [6.07, 6.45) is 1.53. The first kappa shape index (κ1) is 13.1. The van der Waals surface area contributed by atoms with Crippen molar-refractivity contribution in [2.24, 2.45) is 0 Å². The Labute approximate surface area is 122 Å². The van der Waals surface area contributed by atoms with Gasteiger partial charge in [0.1, 0.15) is 5.75 Å². The molecule has 104 valence electrons. The Kier molecular flexibility index (Phi) is 3.48. The standard InChI is InChI=1S/C17H13NO3/c1-19-14-5-2-12(3-6-14)15(8-9-18)13-4-7-16-17(10-13)21-11-20-16/h2-8,10H,11H2,1H3/b15-8+. The van der Waals surface area contributed by atoms with Gasteiger partial charge in [0.15, 0.2) is 11.5 Å². The van der Waals surface area contributed by atoms with Crippen LogP contribution in [0.25, 0.3) is 5.57 Å². The first-order valence-corrected chi connectivity index (χ1v) is 6.46. The summed E-state index contributed by atoms with van der Waals surface area (Å²) in [7, 11) is 1.62. The molecular weight excluding hydrogens is 266 g/mol. The molecule has 0 unspecified atom stereocenters. The lowest BCUT2D eigenvalue weighted by atomic mass is 9.97. The highest BCUT2D eigenvalue weighted by atomic mass is 16.7. The van der Waals surface area contributed by atoms with E-state index in [0.29, 0.717) is 5.75 Å². The van der Waals surface area contributed by atoms with Gasteiger partial charge in [0.25, 0.3) is 0 Å². The fourth-order valence-electron chi connectivity index (χ4n) is 2.23. The Balaban J connectivity index is 2.02. The van der Waals surface area contributed by atoms with Gasteiger partial charge in [-0.3, -0.25) is 0 Å². The average Bonchev–Trinajstić information content (AvgIpc) is 3.00. The zero-order valence-corrected chi connectivity index (χ0v) is 11.5. The maximum atomic E-state index is 9.05. The zero-order chi connectivity index (χ0) is 14.7. The minimum absolute atomic E-state index is 0.235. The third-order valence-corrected chi connectivity index (χ3v) is 3.29. The molecule has 0 atom stereocenters. The van der Waals surface area contributed by atoms with Crippen LogP contribution in [-0.2, 0) is 0 Å². The van der Waals surface area contributed by atoms with Gasteiger partial charge in [0.2, 0.25) is 6.79 Å². The Hall–Kier alpha value is -2.93. The van der Waals surface area contributed by atoms with Crippen LogP contribution in [0.15, 0.2) is 48.5 Å². The van der Waals surface area contributed by atoms with Crippen LogP contribution in [0.5, 0.6) is 17.2 Å². The maximum absolute atomic E-state index is 9.05. The topological polar surface area (TPSA) is 51.5 Å². The highest BCUT2D eigenvalue weighted by molar-refractivity contribution is 5.82. The molecule has 0 saturated heterocycles. The Morgan fingerprint density at radius 1 is 1.10 bits per heavy atom. The van der Waals surface area contributed by atoms with Crippen molar-refractivity contribution in [2.75, 3.05) is 13.9 Å². The molecule has 21 heavy (non-hydrogen) atoms. The van der Waals surface area contributed by atoms with Gasteiger partial charge in [-0.05, 0) is 41.0 Å². The number of nitrogens with zero attached hydrogens (tertiary/aromatic N) is 1. The van der Waals surface area contributed by atoms with E-state index < -0.39 is 0 Å². The summed E-state index contributed by atoms with van der Waals surface area (Å²) in [5, 5.41) is 9.05. The van der Waals surface area contributed by atoms with Crippen molar-refractivity contribution in [1.29, 1.82) is 5.26 Å². The van der Waals surface area contributed by atoms with Crippen LogP contribution < -0.4 is 14.2 Å². The molecule has 0 fully saturated rings. The molecule has 0 saturated carbocycles. The summed E-state index contributed by atoms with van der Waals surface area (Å²) in [5.74, 6) is 2.20. The normalized spacial score (nSPS) is 12.9. The summed E-state index contributed by atoms with van der Waals surface area (Å²) < 4.78 is 15.8. The van der Waals surface area contributed by atoms with Gasteiger partial charge in [-0.25, -0.2) is 0 Å². The second-order valence-corrected chi connectivity index (χ2v) is 4.48. The van der Waals surface area contributed by atoms with E-state index in [0.717, 1.165) is 28.2 Å². The summed E-state index contributed by atoms with van der Waals surface area (Å²) >= 11 is 0. The third kappa shape index (κ3) is 2.54. The van der Waals surface area contributed by atoms with Crippen LogP contribution in [0, 0.1) is 11.3 Å². The van der Waals surface area contributed by atoms with Gasteiger partial charge in [0, 0.05) is 6.08 Å². The average molecular weight is 279 g/mol. The second kappa shape index (κ2) is 5.59. The molecule has 0 N–H and O–H groups in total. The smallest absolute Gasteiger partial charge is 0.231 e. The Bertz CT molecular complexity index is 727. The molecule has 2 aromatic carbocycles. The number of nitriles is 1. The van der Waals surface area contributed by atoms with E-state index in [1.807, 2.05) is 42.5 Å². The van der Waals surface area contributed by atoms with Crippen LogP contribution in [0.3, 0.4) is 0 Å². The first-order valence-electron chi connectivity index (χ1n) is 6.46. The predicted molar refractivity (Wildman–Crippen MR) is 78.3 cm³/mol. The van der Waals surface area contributed by atoms with Crippen molar-refractivity contribution in [3.8, 4) is 23.3 Å². The van der Waals surface area contributed by atoms with Crippen molar-refractivity contribution >= 4 is 5.57 Å². The van der Waals surface area contributed by atoms with E-state index in [9.17, 15) is 0 Å². The fraction of sp³-hybridized carbons (Fsp3) is 0.118. The van der Waals surface area contributed by atoms with Crippen LogP contribution in [0.1, 0.15) is 11.1 Å². The quantitative estimate of drug-likeness (QED) is 0.808. The van der Waals surface area contributed by atoms with Gasteiger partial charge < -0.3 is 14.2 Å². The second-order valence-electron chi connectivity index (χ2n) is 4.48. The zero-order valence-electron chi connectivity index (χ0n) is 11.5. The molecule has 1 aliphatic heterocycles. The van der Waals surface area contributed by atoms with Crippen molar-refractivity contribution in [1.82, 2.24) is 0 Å². The van der Waals surface area contributed by atoms with Crippen LogP contribution in [0.4, 0.5) is 0 Å². The Morgan fingerprint density at radius 3 is 2.52 bits per heavy atom. The van der Waals surface area contributed by atoms with Crippen LogP contribution in [-0.4, -0.2) is 13.9 Å². The lowest BCUT2D eigenvalue weighted by molar-refractivity contribution is 0.174. The lowest BCUT2D eigenvalue weighted by Gasteiger charge is -2.09. The van der Waals surface area contributed by atoms with Gasteiger partial charge in [-0.1, -0.05) is 18.2 Å². The molecule has 0 aliphatic carbocycles. The molecule has 0 radical (unpaired) electrons. The lowest BCUT2D eigenvalue weighted by Crippen LogP contribution is -1.93. The number of ether oxygens (including phenoxy) is 3. The van der Waals surface area contributed by atoms with Gasteiger partial charge in [-0.2, -0.15) is 5.26 Å². The molecule has 0 bridgehead atoms. The summed E-state index contributed by atoms with van der Waals surface area (Å²) in [4.78, 5) is 0. The summed E-state index contributed by atoms with van der Waals surface area (Å²) in [5.41, 5.74) is 2.68. The molecular formula is C17H13NO3. The van der Waals surface area contributed by atoms with Crippen molar-refractivity contribution in [3.05, 3.63) is 59.7 Å². The minimum atomic E-state index is 0.235.